The Balaban J connectivity index is 2.04. The monoisotopic (exact) mass is 247 g/mol. The van der Waals surface area contributed by atoms with E-state index in [1.807, 2.05) is 18.2 Å². The average Bonchev–Trinajstić information content (AvgIpc) is 2.81. The highest BCUT2D eigenvalue weighted by Gasteiger charge is 2.13. The fraction of sp³-hybridized carbons (Fsp3) is 0.308. The van der Waals surface area contributed by atoms with E-state index in [9.17, 15) is 0 Å². The normalized spacial score (nSPS) is 12.9. The van der Waals surface area contributed by atoms with E-state index in [2.05, 4.69) is 41.4 Å². The lowest BCUT2D eigenvalue weighted by molar-refractivity contribution is 0.253. The Kier molecular flexibility index (Phi) is 3.76. The highest BCUT2D eigenvalue weighted by Crippen LogP contribution is 2.24. The second kappa shape index (κ2) is 5.29. The molecule has 2 heterocycles. The van der Waals surface area contributed by atoms with Gasteiger partial charge in [0.15, 0.2) is 0 Å². The molecule has 0 aliphatic rings. The molecule has 0 saturated carbocycles. The molecule has 0 fully saturated rings. The Morgan fingerprint density at radius 2 is 2.18 bits per heavy atom. The van der Waals surface area contributed by atoms with Crippen LogP contribution in [0.1, 0.15) is 23.5 Å². The van der Waals surface area contributed by atoms with E-state index in [4.69, 9.17) is 5.73 Å². The third-order valence-corrected chi connectivity index (χ3v) is 3.90. The summed E-state index contributed by atoms with van der Waals surface area (Å²) >= 11 is 1.79. The van der Waals surface area contributed by atoms with Crippen LogP contribution in [-0.2, 0) is 6.54 Å². The molecule has 0 amide bonds. The van der Waals surface area contributed by atoms with Crippen LogP contribution in [0.4, 0.5) is 5.82 Å². The summed E-state index contributed by atoms with van der Waals surface area (Å²) in [6, 6.07) is 10.4. The highest BCUT2D eigenvalue weighted by molar-refractivity contribution is 7.10. The summed E-state index contributed by atoms with van der Waals surface area (Å²) in [5, 5.41) is 2.11. The van der Waals surface area contributed by atoms with Crippen LogP contribution in [0.5, 0.6) is 0 Å². The second-order valence-corrected chi connectivity index (χ2v) is 5.14. The zero-order valence-electron chi connectivity index (χ0n) is 10.1. The van der Waals surface area contributed by atoms with E-state index in [0.717, 1.165) is 12.2 Å². The van der Waals surface area contributed by atoms with Gasteiger partial charge in [-0.25, -0.2) is 4.98 Å². The largest absolute Gasteiger partial charge is 0.384 e. The van der Waals surface area contributed by atoms with E-state index in [-0.39, 0.29) is 0 Å². The van der Waals surface area contributed by atoms with Gasteiger partial charge in [-0.1, -0.05) is 12.1 Å². The van der Waals surface area contributed by atoms with Gasteiger partial charge in [0, 0.05) is 17.5 Å². The number of pyridine rings is 1. The molecule has 17 heavy (non-hydrogen) atoms. The van der Waals surface area contributed by atoms with Gasteiger partial charge in [0.1, 0.15) is 5.82 Å². The predicted molar refractivity (Wildman–Crippen MR) is 72.9 cm³/mol. The standard InChI is InChI=1S/C13H17N3S/c1-10(12-6-4-8-17-12)16(2)9-11-5-3-7-13(14)15-11/h3-8,10H,9H2,1-2H3,(H2,14,15). The maximum absolute atomic E-state index is 5.68. The fourth-order valence-electron chi connectivity index (χ4n) is 1.72. The number of anilines is 1. The van der Waals surface area contributed by atoms with E-state index in [1.54, 1.807) is 11.3 Å². The number of nitrogens with zero attached hydrogens (tertiary/aromatic N) is 2. The SMILES string of the molecule is CC(c1cccs1)N(C)Cc1cccc(N)n1. The van der Waals surface area contributed by atoms with Gasteiger partial charge in [0.25, 0.3) is 0 Å². The van der Waals surface area contributed by atoms with Crippen LogP contribution in [0.2, 0.25) is 0 Å². The molecule has 2 N–H and O–H groups in total. The molecule has 1 unspecified atom stereocenters. The predicted octanol–water partition coefficient (Wildman–Crippen LogP) is 2.92. The molecule has 2 aromatic rings. The van der Waals surface area contributed by atoms with Crippen molar-refractivity contribution in [1.82, 2.24) is 9.88 Å². The molecule has 0 spiro atoms. The van der Waals surface area contributed by atoms with E-state index >= 15 is 0 Å². The Labute approximate surface area is 106 Å². The van der Waals surface area contributed by atoms with Crippen molar-refractivity contribution < 1.29 is 0 Å². The van der Waals surface area contributed by atoms with Gasteiger partial charge in [-0.15, -0.1) is 11.3 Å². The van der Waals surface area contributed by atoms with E-state index < -0.39 is 0 Å². The molecule has 4 heteroatoms. The highest BCUT2D eigenvalue weighted by atomic mass is 32.1. The van der Waals surface area contributed by atoms with Crippen molar-refractivity contribution in [2.75, 3.05) is 12.8 Å². The summed E-state index contributed by atoms with van der Waals surface area (Å²) in [4.78, 5) is 7.96. The number of thiophene rings is 1. The van der Waals surface area contributed by atoms with Gasteiger partial charge < -0.3 is 5.73 Å². The number of nitrogen functional groups attached to an aromatic ring is 1. The molecule has 0 saturated heterocycles. The van der Waals surface area contributed by atoms with Crippen LogP contribution in [0.25, 0.3) is 0 Å². The fourth-order valence-corrected chi connectivity index (χ4v) is 2.57. The number of hydrogen-bond donors (Lipinski definition) is 1. The Morgan fingerprint density at radius 3 is 2.82 bits per heavy atom. The summed E-state index contributed by atoms with van der Waals surface area (Å²) in [5.74, 6) is 0.583. The summed E-state index contributed by atoms with van der Waals surface area (Å²) in [5.41, 5.74) is 6.69. The lowest BCUT2D eigenvalue weighted by Gasteiger charge is -2.23. The van der Waals surface area contributed by atoms with Crippen LogP contribution in [0.15, 0.2) is 35.7 Å². The second-order valence-electron chi connectivity index (χ2n) is 4.16. The number of rotatable bonds is 4. The molecular formula is C13H17N3S. The van der Waals surface area contributed by atoms with Gasteiger partial charge in [-0.2, -0.15) is 0 Å². The van der Waals surface area contributed by atoms with Gasteiger partial charge in [-0.05, 0) is 37.6 Å². The molecule has 0 aliphatic heterocycles. The van der Waals surface area contributed by atoms with Crippen molar-refractivity contribution in [2.24, 2.45) is 0 Å². The lowest BCUT2D eigenvalue weighted by Crippen LogP contribution is -2.21. The maximum Gasteiger partial charge on any atom is 0.123 e. The van der Waals surface area contributed by atoms with Crippen LogP contribution in [-0.4, -0.2) is 16.9 Å². The summed E-state index contributed by atoms with van der Waals surface area (Å²) in [6.07, 6.45) is 0. The van der Waals surface area contributed by atoms with Gasteiger partial charge >= 0.3 is 0 Å². The Hall–Kier alpha value is -1.39. The van der Waals surface area contributed by atoms with Crippen molar-refractivity contribution in [3.8, 4) is 0 Å². The minimum absolute atomic E-state index is 0.401. The van der Waals surface area contributed by atoms with Crippen LogP contribution in [0.3, 0.4) is 0 Å². The zero-order chi connectivity index (χ0) is 12.3. The van der Waals surface area contributed by atoms with Gasteiger partial charge in [0.05, 0.1) is 5.69 Å². The first-order chi connectivity index (χ1) is 8.16. The maximum atomic E-state index is 5.68. The molecule has 2 rings (SSSR count). The van der Waals surface area contributed by atoms with Crippen LogP contribution in [0, 0.1) is 0 Å². The minimum atomic E-state index is 0.401. The first-order valence-electron chi connectivity index (χ1n) is 5.62. The average molecular weight is 247 g/mol. The molecule has 0 aromatic carbocycles. The van der Waals surface area contributed by atoms with Crippen LogP contribution >= 0.6 is 11.3 Å². The smallest absolute Gasteiger partial charge is 0.123 e. The van der Waals surface area contributed by atoms with Crippen molar-refractivity contribution in [1.29, 1.82) is 0 Å². The molecule has 0 aliphatic carbocycles. The van der Waals surface area contributed by atoms with Crippen molar-refractivity contribution in [3.05, 3.63) is 46.3 Å². The molecular weight excluding hydrogens is 230 g/mol. The van der Waals surface area contributed by atoms with E-state index in [1.165, 1.54) is 4.88 Å². The molecule has 90 valence electrons. The number of aromatic nitrogens is 1. The summed E-state index contributed by atoms with van der Waals surface area (Å²) in [6.45, 7) is 3.02. The zero-order valence-corrected chi connectivity index (χ0v) is 10.9. The van der Waals surface area contributed by atoms with Crippen molar-refractivity contribution in [3.63, 3.8) is 0 Å². The third kappa shape index (κ3) is 3.05. The number of nitrogens with two attached hydrogens (primary N) is 1. The van der Waals surface area contributed by atoms with Crippen LogP contribution < -0.4 is 5.73 Å². The van der Waals surface area contributed by atoms with Crippen molar-refractivity contribution >= 4 is 17.2 Å². The Bertz CT molecular complexity index is 467. The quantitative estimate of drug-likeness (QED) is 0.903. The molecule has 3 nitrogen and oxygen atoms in total. The molecule has 1 atom stereocenters. The molecule has 2 aromatic heterocycles. The molecule has 0 bridgehead atoms. The first-order valence-corrected chi connectivity index (χ1v) is 6.50. The summed E-state index contributed by atoms with van der Waals surface area (Å²) in [7, 11) is 2.11. The van der Waals surface area contributed by atoms with Gasteiger partial charge in [0.2, 0.25) is 0 Å². The first kappa shape index (κ1) is 12.1. The Morgan fingerprint density at radius 1 is 1.35 bits per heavy atom. The minimum Gasteiger partial charge on any atom is -0.384 e. The third-order valence-electron chi connectivity index (χ3n) is 2.86. The summed E-state index contributed by atoms with van der Waals surface area (Å²) < 4.78 is 0. The van der Waals surface area contributed by atoms with E-state index in [0.29, 0.717) is 11.9 Å². The molecule has 0 radical (unpaired) electrons. The topological polar surface area (TPSA) is 42.1 Å². The van der Waals surface area contributed by atoms with Gasteiger partial charge in [-0.3, -0.25) is 4.90 Å². The number of hydrogen-bond acceptors (Lipinski definition) is 4. The van der Waals surface area contributed by atoms with Crippen molar-refractivity contribution in [2.45, 2.75) is 19.5 Å². The lowest BCUT2D eigenvalue weighted by atomic mass is 10.2.